The van der Waals surface area contributed by atoms with Crippen molar-refractivity contribution in [3.8, 4) is 11.6 Å². The molecule has 4 aromatic rings. The van der Waals surface area contributed by atoms with Crippen molar-refractivity contribution in [3.63, 3.8) is 0 Å². The Morgan fingerprint density at radius 2 is 1.88 bits per heavy atom. The van der Waals surface area contributed by atoms with Gasteiger partial charge >= 0.3 is 0 Å². The monoisotopic (exact) mass is 434 g/mol. The number of fused-ring (bicyclic) bond motifs is 1. The second kappa shape index (κ2) is 8.69. The molecule has 3 heterocycles. The van der Waals surface area contributed by atoms with Crippen molar-refractivity contribution in [3.05, 3.63) is 65.7 Å². The van der Waals surface area contributed by atoms with Crippen LogP contribution in [0.25, 0.3) is 11.0 Å². The van der Waals surface area contributed by atoms with Crippen molar-refractivity contribution in [2.24, 2.45) is 0 Å². The van der Waals surface area contributed by atoms with E-state index in [0.29, 0.717) is 39.6 Å². The van der Waals surface area contributed by atoms with Gasteiger partial charge in [0.25, 0.3) is 5.91 Å². The quantitative estimate of drug-likeness (QED) is 0.440. The first-order valence-electron chi connectivity index (χ1n) is 9.78. The number of benzene rings is 1. The number of anilines is 1. The lowest BCUT2D eigenvalue weighted by Crippen LogP contribution is -2.20. The van der Waals surface area contributed by atoms with Gasteiger partial charge in [-0.2, -0.15) is 0 Å². The fraction of sp³-hybridized carbons (Fsp3) is 0.227. The summed E-state index contributed by atoms with van der Waals surface area (Å²) in [5, 5.41) is 13.5. The molecule has 0 spiro atoms. The summed E-state index contributed by atoms with van der Waals surface area (Å²) in [5.41, 5.74) is 1.94. The van der Waals surface area contributed by atoms with Gasteiger partial charge in [-0.25, -0.2) is 15.0 Å². The molecule has 0 aliphatic carbocycles. The minimum absolute atomic E-state index is 0.210. The number of hydrogen-bond acceptors (Lipinski definition) is 9. The van der Waals surface area contributed by atoms with Crippen LogP contribution in [0.3, 0.4) is 0 Å². The van der Waals surface area contributed by atoms with Crippen molar-refractivity contribution in [2.75, 3.05) is 19.4 Å². The number of aromatic nitrogens is 4. The molecule has 1 amide bonds. The molecule has 0 saturated heterocycles. The molecule has 164 valence electrons. The smallest absolute Gasteiger partial charge is 0.257 e. The fourth-order valence-corrected chi connectivity index (χ4v) is 2.98. The Kier molecular flexibility index (Phi) is 5.80. The number of aryl methyl sites for hydroxylation is 2. The number of ether oxygens (including phenoxy) is 1. The van der Waals surface area contributed by atoms with Crippen LogP contribution < -0.4 is 10.1 Å². The van der Waals surface area contributed by atoms with Crippen LogP contribution in [0.15, 0.2) is 47.4 Å². The zero-order chi connectivity index (χ0) is 22.8. The molecule has 10 nitrogen and oxygen atoms in total. The highest BCUT2D eigenvalue weighted by Crippen LogP contribution is 2.33. The minimum atomic E-state index is -0.878. The van der Waals surface area contributed by atoms with E-state index < -0.39 is 6.23 Å². The van der Waals surface area contributed by atoms with Gasteiger partial charge in [0.2, 0.25) is 5.88 Å². The Morgan fingerprint density at radius 3 is 2.53 bits per heavy atom. The molecule has 0 radical (unpaired) electrons. The van der Waals surface area contributed by atoms with Crippen LogP contribution in [0, 0.1) is 13.8 Å². The molecule has 2 N–H and O–H groups in total. The summed E-state index contributed by atoms with van der Waals surface area (Å²) in [4.78, 5) is 31.1. The van der Waals surface area contributed by atoms with Gasteiger partial charge in [0, 0.05) is 5.56 Å². The van der Waals surface area contributed by atoms with Crippen molar-refractivity contribution >= 4 is 22.7 Å². The molecular weight excluding hydrogens is 412 g/mol. The number of carbonyl (C=O) groups is 1. The van der Waals surface area contributed by atoms with Gasteiger partial charge in [-0.05, 0) is 46.1 Å². The van der Waals surface area contributed by atoms with E-state index in [0.717, 1.165) is 5.69 Å². The molecule has 0 aliphatic heterocycles. The Labute approximate surface area is 183 Å². The zero-order valence-corrected chi connectivity index (χ0v) is 18.0. The van der Waals surface area contributed by atoms with E-state index in [-0.39, 0.29) is 11.8 Å². The number of hydrogen-bond donors (Lipinski definition) is 2. The lowest BCUT2D eigenvalue weighted by molar-refractivity contribution is 0.0354. The molecule has 1 unspecified atom stereocenters. The highest BCUT2D eigenvalue weighted by atomic mass is 16.5. The summed E-state index contributed by atoms with van der Waals surface area (Å²) >= 11 is 0. The first kappa shape index (κ1) is 21.3. The molecule has 0 aliphatic rings. The number of nitrogens with zero attached hydrogens (tertiary/aromatic N) is 5. The first-order valence-corrected chi connectivity index (χ1v) is 9.78. The number of aliphatic hydroxyl groups is 1. The molecule has 32 heavy (non-hydrogen) atoms. The molecular formula is C22H22N6O4. The molecule has 10 heteroatoms. The highest BCUT2D eigenvalue weighted by molar-refractivity contribution is 6.06. The van der Waals surface area contributed by atoms with E-state index in [1.165, 1.54) is 18.6 Å². The maximum atomic E-state index is 12.8. The molecule has 3 aromatic heterocycles. The van der Waals surface area contributed by atoms with Gasteiger partial charge in [-0.1, -0.05) is 0 Å². The number of amides is 1. The van der Waals surface area contributed by atoms with E-state index in [1.807, 2.05) is 19.9 Å². The predicted octanol–water partition coefficient (Wildman–Crippen LogP) is 3.23. The van der Waals surface area contributed by atoms with Gasteiger partial charge < -0.3 is 19.6 Å². The fourth-order valence-electron chi connectivity index (χ4n) is 2.98. The van der Waals surface area contributed by atoms with Crippen molar-refractivity contribution in [1.29, 1.82) is 0 Å². The predicted molar refractivity (Wildman–Crippen MR) is 116 cm³/mol. The first-order chi connectivity index (χ1) is 15.3. The van der Waals surface area contributed by atoms with Crippen LogP contribution in [0.4, 0.5) is 5.82 Å². The summed E-state index contributed by atoms with van der Waals surface area (Å²) in [6.45, 7) is 3.62. The molecule has 4 rings (SSSR count). The van der Waals surface area contributed by atoms with Crippen molar-refractivity contribution in [1.82, 2.24) is 24.8 Å². The van der Waals surface area contributed by atoms with E-state index >= 15 is 0 Å². The van der Waals surface area contributed by atoms with E-state index in [4.69, 9.17) is 9.15 Å². The highest BCUT2D eigenvalue weighted by Gasteiger charge is 2.17. The molecule has 1 aromatic carbocycles. The largest absolute Gasteiger partial charge is 0.461 e. The van der Waals surface area contributed by atoms with Crippen LogP contribution in [-0.4, -0.2) is 49.9 Å². The third-order valence-corrected chi connectivity index (χ3v) is 4.62. The lowest BCUT2D eigenvalue weighted by atomic mass is 10.1. The summed E-state index contributed by atoms with van der Waals surface area (Å²) < 4.78 is 11.6. The van der Waals surface area contributed by atoms with E-state index in [1.54, 1.807) is 37.3 Å². The minimum Gasteiger partial charge on any atom is -0.461 e. The number of furan rings is 1. The average Bonchev–Trinajstić information content (AvgIpc) is 3.15. The van der Waals surface area contributed by atoms with Crippen molar-refractivity contribution < 1.29 is 19.1 Å². The number of rotatable bonds is 6. The maximum Gasteiger partial charge on any atom is 0.257 e. The zero-order valence-electron chi connectivity index (χ0n) is 18.0. The van der Waals surface area contributed by atoms with Gasteiger partial charge in [0.05, 0.1) is 35.9 Å². The van der Waals surface area contributed by atoms with Gasteiger partial charge in [-0.15, -0.1) is 0 Å². The Bertz CT molecular complexity index is 1250. The SMILES string of the molecule is Cc1cnc(NC(=O)c2cc(Oc3cnc(C(O)N(C)C)cn3)c3cc(C)oc3c2)cn1. The normalized spacial score (nSPS) is 12.2. The molecule has 0 fully saturated rings. The van der Waals surface area contributed by atoms with Crippen LogP contribution >= 0.6 is 0 Å². The summed E-state index contributed by atoms with van der Waals surface area (Å²) in [6.07, 6.45) is 5.02. The average molecular weight is 434 g/mol. The summed E-state index contributed by atoms with van der Waals surface area (Å²) in [7, 11) is 3.46. The van der Waals surface area contributed by atoms with Crippen LogP contribution in [0.2, 0.25) is 0 Å². The number of carbonyl (C=O) groups excluding carboxylic acids is 1. The number of aliphatic hydroxyl groups excluding tert-OH is 1. The third kappa shape index (κ3) is 4.56. The van der Waals surface area contributed by atoms with Crippen molar-refractivity contribution in [2.45, 2.75) is 20.1 Å². The number of nitrogens with one attached hydrogen (secondary N) is 1. The van der Waals surface area contributed by atoms with Crippen LogP contribution in [0.1, 0.15) is 33.7 Å². The van der Waals surface area contributed by atoms with E-state index in [2.05, 4.69) is 25.3 Å². The van der Waals surface area contributed by atoms with Crippen LogP contribution in [0.5, 0.6) is 11.6 Å². The van der Waals surface area contributed by atoms with Gasteiger partial charge in [0.1, 0.15) is 22.8 Å². The van der Waals surface area contributed by atoms with E-state index in [9.17, 15) is 9.90 Å². The Balaban J connectivity index is 1.63. The Morgan fingerprint density at radius 1 is 1.06 bits per heavy atom. The summed E-state index contributed by atoms with van der Waals surface area (Å²) in [6, 6.07) is 5.04. The third-order valence-electron chi connectivity index (χ3n) is 4.62. The standard InChI is InChI=1S/C22H22N6O4/c1-12-8-25-19(10-23-12)27-21(29)14-6-17-15(5-13(2)31-17)18(7-14)32-20-11-24-16(9-26-20)22(30)28(3)4/h5-11,22,30H,1-4H3,(H,25,27,29). The Hall–Kier alpha value is -3.89. The van der Waals surface area contributed by atoms with Gasteiger partial charge in [-0.3, -0.25) is 14.7 Å². The molecule has 0 saturated carbocycles. The molecule has 1 atom stereocenters. The maximum absolute atomic E-state index is 12.8. The topological polar surface area (TPSA) is 126 Å². The molecule has 0 bridgehead atoms. The van der Waals surface area contributed by atoms with Gasteiger partial charge in [0.15, 0.2) is 12.0 Å². The summed E-state index contributed by atoms with van der Waals surface area (Å²) in [5.74, 6) is 1.21. The lowest BCUT2D eigenvalue weighted by Gasteiger charge is -2.17. The van der Waals surface area contributed by atoms with Crippen LogP contribution in [-0.2, 0) is 0 Å². The second-order valence-electron chi connectivity index (χ2n) is 7.46. The second-order valence-corrected chi connectivity index (χ2v) is 7.46.